The molecule has 31 heavy (non-hydrogen) atoms. The Bertz CT molecular complexity index is 909. The second kappa shape index (κ2) is 9.90. The van der Waals surface area contributed by atoms with Crippen LogP contribution in [-0.4, -0.2) is 33.2 Å². The minimum absolute atomic E-state index is 0.161. The number of alkyl halides is 2. The lowest BCUT2D eigenvalue weighted by molar-refractivity contribution is -0.181. The maximum absolute atomic E-state index is 15.4. The molecule has 0 unspecified atom stereocenters. The van der Waals surface area contributed by atoms with Gasteiger partial charge in [0.2, 0.25) is 0 Å². The number of carbonyl (C=O) groups excluding carboxylic acids is 1. The molecule has 0 aliphatic heterocycles. The lowest BCUT2D eigenvalue weighted by Gasteiger charge is -2.37. The average molecular weight is 453 g/mol. The molecule has 0 fully saturated rings. The average Bonchev–Trinajstić information content (AvgIpc) is 2.72. The number of hydrogen-bond acceptors (Lipinski definition) is 4. The fourth-order valence-corrected chi connectivity index (χ4v) is 4.26. The highest BCUT2D eigenvalue weighted by molar-refractivity contribution is 7.86. The number of hydrogen-bond donors (Lipinski definition) is 0. The van der Waals surface area contributed by atoms with Crippen molar-refractivity contribution in [3.63, 3.8) is 0 Å². The van der Waals surface area contributed by atoms with E-state index in [1.807, 2.05) is 30.3 Å². The van der Waals surface area contributed by atoms with Crippen LogP contribution in [0.4, 0.5) is 8.78 Å². The van der Waals surface area contributed by atoms with Crippen LogP contribution in [0.25, 0.3) is 0 Å². The predicted molar refractivity (Wildman–Crippen MR) is 119 cm³/mol. The van der Waals surface area contributed by atoms with Gasteiger partial charge in [-0.25, -0.2) is 4.79 Å². The van der Waals surface area contributed by atoms with Crippen LogP contribution in [0.2, 0.25) is 0 Å². The minimum atomic E-state index is -3.89. The molecule has 0 amide bonds. The normalized spacial score (nSPS) is 15.1. The molecule has 4 nitrogen and oxygen atoms in total. The third-order valence-corrected chi connectivity index (χ3v) is 7.25. The fourth-order valence-electron chi connectivity index (χ4n) is 2.95. The number of rotatable bonds is 9. The van der Waals surface area contributed by atoms with E-state index in [0.29, 0.717) is 5.75 Å². The van der Waals surface area contributed by atoms with E-state index in [4.69, 9.17) is 4.74 Å². The number of carbonyl (C=O) groups is 1. The molecule has 170 valence electrons. The minimum Gasteiger partial charge on any atom is -0.489 e. The van der Waals surface area contributed by atoms with Crippen LogP contribution in [0.1, 0.15) is 45.7 Å². The maximum Gasteiger partial charge on any atom is 0.377 e. The van der Waals surface area contributed by atoms with Crippen LogP contribution in [0, 0.1) is 0 Å². The summed E-state index contributed by atoms with van der Waals surface area (Å²) >= 11 is 0. The number of benzene rings is 2. The zero-order valence-electron chi connectivity index (χ0n) is 18.6. The van der Waals surface area contributed by atoms with E-state index in [2.05, 4.69) is 4.74 Å². The van der Waals surface area contributed by atoms with Gasteiger partial charge in [0.1, 0.15) is 12.4 Å². The van der Waals surface area contributed by atoms with Crippen molar-refractivity contribution in [1.82, 2.24) is 0 Å². The topological polar surface area (TPSA) is 52.6 Å². The zero-order valence-corrected chi connectivity index (χ0v) is 19.4. The molecule has 0 aromatic heterocycles. The molecule has 0 saturated carbocycles. The van der Waals surface area contributed by atoms with Crippen molar-refractivity contribution in [1.29, 1.82) is 0 Å². The third-order valence-electron chi connectivity index (χ3n) is 5.05. The molecule has 2 aromatic carbocycles. The first kappa shape index (κ1) is 25.0. The molecular formula is C24H30F2O4S. The third kappa shape index (κ3) is 5.91. The van der Waals surface area contributed by atoms with Gasteiger partial charge in [-0.15, -0.1) is 0 Å². The molecule has 0 saturated heterocycles. The van der Waals surface area contributed by atoms with Gasteiger partial charge >= 0.3 is 11.9 Å². The fraction of sp³-hybridized carbons (Fsp3) is 0.458. The highest BCUT2D eigenvalue weighted by Crippen LogP contribution is 2.43. The smallest absolute Gasteiger partial charge is 0.377 e. The van der Waals surface area contributed by atoms with Gasteiger partial charge in [-0.3, -0.25) is 4.21 Å². The van der Waals surface area contributed by atoms with Crippen LogP contribution in [0.15, 0.2) is 54.6 Å². The molecule has 0 bridgehead atoms. The summed E-state index contributed by atoms with van der Waals surface area (Å²) < 4.78 is 53.4. The largest absolute Gasteiger partial charge is 0.489 e. The maximum atomic E-state index is 15.4. The Morgan fingerprint density at radius 2 is 1.65 bits per heavy atom. The van der Waals surface area contributed by atoms with E-state index >= 15 is 8.78 Å². The lowest BCUT2D eigenvalue weighted by Crippen LogP contribution is -2.54. The van der Waals surface area contributed by atoms with Gasteiger partial charge in [-0.05, 0) is 57.9 Å². The van der Waals surface area contributed by atoms with E-state index in [-0.39, 0.29) is 18.8 Å². The lowest BCUT2D eigenvalue weighted by atomic mass is 9.78. The molecule has 0 spiro atoms. The SMILES string of the molecule is CCOC(=O)C(F)(F)[C@](C)(C[S@](=O)C(C)(C)C)c1cccc(OCc2ccccc2)c1. The second-order valence-corrected chi connectivity index (χ2v) is 10.7. The van der Waals surface area contributed by atoms with Crippen molar-refractivity contribution in [2.75, 3.05) is 12.4 Å². The molecular weight excluding hydrogens is 422 g/mol. The van der Waals surface area contributed by atoms with Crippen LogP contribution in [-0.2, 0) is 32.4 Å². The predicted octanol–water partition coefficient (Wildman–Crippen LogP) is 5.27. The molecule has 0 radical (unpaired) electrons. The Kier molecular flexibility index (Phi) is 7.98. The van der Waals surface area contributed by atoms with Crippen molar-refractivity contribution in [2.24, 2.45) is 0 Å². The molecule has 0 N–H and O–H groups in total. The van der Waals surface area contributed by atoms with Crippen LogP contribution >= 0.6 is 0 Å². The highest BCUT2D eigenvalue weighted by Gasteiger charge is 2.59. The summed E-state index contributed by atoms with van der Waals surface area (Å²) in [6.07, 6.45) is 0. The Balaban J connectivity index is 2.43. The molecule has 2 rings (SSSR count). The summed E-state index contributed by atoms with van der Waals surface area (Å²) in [5, 5.41) is 0. The van der Waals surface area contributed by atoms with Crippen LogP contribution < -0.4 is 4.74 Å². The van der Waals surface area contributed by atoms with Crippen LogP contribution in [0.5, 0.6) is 5.75 Å². The quantitative estimate of drug-likeness (QED) is 0.487. The van der Waals surface area contributed by atoms with Gasteiger partial charge in [0.25, 0.3) is 0 Å². The van der Waals surface area contributed by atoms with Crippen molar-refractivity contribution < 1.29 is 27.3 Å². The first-order valence-corrected chi connectivity index (χ1v) is 11.4. The molecule has 2 atom stereocenters. The molecule has 0 aliphatic rings. The van der Waals surface area contributed by atoms with E-state index in [1.54, 1.807) is 32.9 Å². The van der Waals surface area contributed by atoms with Crippen molar-refractivity contribution in [3.05, 3.63) is 65.7 Å². The Morgan fingerprint density at radius 1 is 1.00 bits per heavy atom. The van der Waals surface area contributed by atoms with Gasteiger partial charge in [0.05, 0.1) is 12.0 Å². The molecule has 7 heteroatoms. The molecule has 0 heterocycles. The molecule has 2 aromatic rings. The van der Waals surface area contributed by atoms with Gasteiger partial charge in [-0.2, -0.15) is 8.78 Å². The summed E-state index contributed by atoms with van der Waals surface area (Å²) in [5.41, 5.74) is -0.959. The standard InChI is InChI=1S/C24H30F2O4S/c1-6-29-21(27)24(25,26)23(5,17-31(28)22(2,3)4)19-13-10-14-20(15-19)30-16-18-11-8-7-9-12-18/h7-15H,6,16-17H2,1-5H3/t23-,31+/m1/s1. The van der Waals surface area contributed by atoms with Gasteiger partial charge < -0.3 is 9.47 Å². The summed E-state index contributed by atoms with van der Waals surface area (Å²) in [6, 6.07) is 15.7. The van der Waals surface area contributed by atoms with Crippen molar-refractivity contribution in [2.45, 2.75) is 57.3 Å². The van der Waals surface area contributed by atoms with E-state index in [0.717, 1.165) is 5.56 Å². The van der Waals surface area contributed by atoms with Crippen molar-refractivity contribution in [3.8, 4) is 5.75 Å². The number of esters is 1. The number of ether oxygens (including phenoxy) is 2. The second-order valence-electron chi connectivity index (χ2n) is 8.53. The highest BCUT2D eigenvalue weighted by atomic mass is 32.2. The Morgan fingerprint density at radius 3 is 2.23 bits per heavy atom. The van der Waals surface area contributed by atoms with E-state index in [9.17, 15) is 9.00 Å². The summed E-state index contributed by atoms with van der Waals surface area (Å²) in [4.78, 5) is 12.2. The summed E-state index contributed by atoms with van der Waals surface area (Å²) in [5.74, 6) is -5.54. The summed E-state index contributed by atoms with van der Waals surface area (Å²) in [6.45, 7) is 7.96. The van der Waals surface area contributed by atoms with E-state index in [1.165, 1.54) is 26.0 Å². The Labute approximate surface area is 185 Å². The van der Waals surface area contributed by atoms with E-state index < -0.39 is 38.6 Å². The molecule has 0 aliphatic carbocycles. The van der Waals surface area contributed by atoms with Gasteiger partial charge in [0.15, 0.2) is 0 Å². The first-order valence-electron chi connectivity index (χ1n) is 10.1. The Hall–Kier alpha value is -2.28. The first-order chi connectivity index (χ1) is 14.4. The summed E-state index contributed by atoms with van der Waals surface area (Å²) in [7, 11) is -1.64. The number of halogens is 2. The monoisotopic (exact) mass is 452 g/mol. The van der Waals surface area contributed by atoms with Gasteiger partial charge in [-0.1, -0.05) is 42.5 Å². The van der Waals surface area contributed by atoms with Crippen LogP contribution in [0.3, 0.4) is 0 Å². The zero-order chi connectivity index (χ0) is 23.3. The van der Waals surface area contributed by atoms with Crippen molar-refractivity contribution >= 4 is 16.8 Å². The van der Waals surface area contributed by atoms with Gasteiger partial charge in [0, 0.05) is 21.3 Å².